The van der Waals surface area contributed by atoms with E-state index in [0.717, 1.165) is 57.8 Å². The lowest BCUT2D eigenvalue weighted by atomic mass is 10.1. The van der Waals surface area contributed by atoms with Gasteiger partial charge in [-0.1, -0.05) is 121 Å². The first-order valence-corrected chi connectivity index (χ1v) is 19.8. The molecule has 0 amide bonds. The number of carbonyl (C=O) groups is 2. The summed E-state index contributed by atoms with van der Waals surface area (Å²) in [6.45, 7) is 3.61. The van der Waals surface area contributed by atoms with Gasteiger partial charge >= 0.3 is 19.8 Å². The highest BCUT2D eigenvalue weighted by Gasteiger charge is 2.22. The molecule has 0 saturated heterocycles. The van der Waals surface area contributed by atoms with Crippen LogP contribution >= 0.6 is 7.82 Å². The van der Waals surface area contributed by atoms with Crippen molar-refractivity contribution >= 4 is 19.8 Å². The zero-order valence-electron chi connectivity index (χ0n) is 29.2. The third-order valence-electron chi connectivity index (χ3n) is 7.63. The van der Waals surface area contributed by atoms with Crippen molar-refractivity contribution < 1.29 is 37.9 Å². The molecule has 0 saturated carbocycles. The van der Waals surface area contributed by atoms with E-state index >= 15 is 0 Å². The number of ether oxygens (including phenoxy) is 2. The molecular weight excluding hydrogens is 603 g/mol. The van der Waals surface area contributed by atoms with Crippen molar-refractivity contribution in [3.05, 3.63) is 36.5 Å². The van der Waals surface area contributed by atoms with E-state index in [4.69, 9.17) is 19.3 Å². The molecule has 0 unspecified atom stereocenters. The van der Waals surface area contributed by atoms with E-state index in [1.54, 1.807) is 0 Å². The van der Waals surface area contributed by atoms with E-state index in [1.807, 2.05) is 0 Å². The lowest BCUT2D eigenvalue weighted by molar-refractivity contribution is -0.161. The predicted molar refractivity (Wildman–Crippen MR) is 188 cm³/mol. The van der Waals surface area contributed by atoms with Gasteiger partial charge in [-0.2, -0.15) is 0 Å². The van der Waals surface area contributed by atoms with Crippen LogP contribution in [0.1, 0.15) is 168 Å². The molecule has 0 fully saturated rings. The van der Waals surface area contributed by atoms with Crippen LogP contribution in [0, 0.1) is 0 Å². The minimum Gasteiger partial charge on any atom is -0.462 e. The van der Waals surface area contributed by atoms with Crippen LogP contribution in [0.15, 0.2) is 36.5 Å². The van der Waals surface area contributed by atoms with Gasteiger partial charge in [0.1, 0.15) is 6.61 Å². The molecule has 46 heavy (non-hydrogen) atoms. The number of allylic oxidation sites excluding steroid dienone is 6. The summed E-state index contributed by atoms with van der Waals surface area (Å²) in [6.07, 6.45) is 37.2. The first-order valence-electron chi connectivity index (χ1n) is 18.3. The van der Waals surface area contributed by atoms with Crippen molar-refractivity contribution in [2.45, 2.75) is 174 Å². The quantitative estimate of drug-likeness (QED) is 0.0306. The Bertz CT molecular complexity index is 848. The molecule has 2 N–H and O–H groups in total. The summed E-state index contributed by atoms with van der Waals surface area (Å²) in [5.41, 5.74) is 0. The van der Waals surface area contributed by atoms with Gasteiger partial charge in [0.05, 0.1) is 6.61 Å². The Morgan fingerprint density at radius 3 is 1.52 bits per heavy atom. The van der Waals surface area contributed by atoms with Crippen LogP contribution in [0.2, 0.25) is 0 Å². The number of unbranched alkanes of at least 4 members (excludes halogenated alkanes) is 17. The van der Waals surface area contributed by atoms with Crippen molar-refractivity contribution in [3.63, 3.8) is 0 Å². The van der Waals surface area contributed by atoms with Crippen molar-refractivity contribution in [1.29, 1.82) is 0 Å². The van der Waals surface area contributed by atoms with Gasteiger partial charge < -0.3 is 19.3 Å². The van der Waals surface area contributed by atoms with Gasteiger partial charge in [0.2, 0.25) is 0 Å². The van der Waals surface area contributed by atoms with Crippen molar-refractivity contribution in [1.82, 2.24) is 0 Å². The minimum absolute atomic E-state index is 0.168. The lowest BCUT2D eigenvalue weighted by Crippen LogP contribution is -2.29. The summed E-state index contributed by atoms with van der Waals surface area (Å²) in [5, 5.41) is 0. The van der Waals surface area contributed by atoms with Gasteiger partial charge in [-0.05, 0) is 70.6 Å². The van der Waals surface area contributed by atoms with Gasteiger partial charge in [0, 0.05) is 12.8 Å². The Hall–Kier alpha value is -1.73. The molecule has 0 spiro atoms. The fourth-order valence-electron chi connectivity index (χ4n) is 4.87. The van der Waals surface area contributed by atoms with Crippen LogP contribution < -0.4 is 0 Å². The first kappa shape index (κ1) is 44.3. The Labute approximate surface area is 281 Å². The van der Waals surface area contributed by atoms with Crippen LogP contribution in [0.25, 0.3) is 0 Å². The minimum atomic E-state index is -4.76. The van der Waals surface area contributed by atoms with Gasteiger partial charge in [0.25, 0.3) is 0 Å². The molecule has 0 bridgehead atoms. The molecule has 0 rings (SSSR count). The van der Waals surface area contributed by atoms with E-state index in [9.17, 15) is 14.2 Å². The summed E-state index contributed by atoms with van der Waals surface area (Å²) in [6, 6.07) is 0. The second kappa shape index (κ2) is 33.2. The molecular formula is C37H67O8P. The maximum atomic E-state index is 12.3. The zero-order valence-corrected chi connectivity index (χ0v) is 30.1. The molecule has 0 heterocycles. The molecule has 8 nitrogen and oxygen atoms in total. The highest BCUT2D eigenvalue weighted by molar-refractivity contribution is 7.46. The summed E-state index contributed by atoms with van der Waals surface area (Å²) >= 11 is 0. The van der Waals surface area contributed by atoms with Crippen molar-refractivity contribution in [3.8, 4) is 0 Å². The predicted octanol–water partition coefficient (Wildman–Crippen LogP) is 10.6. The lowest BCUT2D eigenvalue weighted by Gasteiger charge is -2.18. The standard InChI is InChI=1S/C37H67O8P/c1-3-5-7-9-11-13-15-17-18-20-22-24-26-28-30-32-37(39)45-35(34-44-46(40,41)42)33-43-36(38)31-29-27-25-23-21-19-16-14-12-10-8-6-4-2/h14,16-18,22,24,35H,3-13,15,19-21,23,25-34H2,1-2H3,(H2,40,41,42)/b16-14+,18-17+,24-22+/t35-/m1/s1. The molecule has 0 aromatic heterocycles. The molecule has 0 aromatic rings. The van der Waals surface area contributed by atoms with Crippen LogP contribution in [-0.2, 0) is 28.2 Å². The molecule has 0 aliphatic heterocycles. The second-order valence-corrected chi connectivity index (χ2v) is 13.4. The van der Waals surface area contributed by atoms with Gasteiger partial charge in [-0.25, -0.2) is 4.57 Å². The SMILES string of the molecule is CCCCCC/C=C/CCCCCCCC(=O)OC[C@H](COP(=O)(O)O)OC(=O)CCCC/C=C/C/C=C/CCCCCCCC. The number of hydrogen-bond donors (Lipinski definition) is 2. The highest BCUT2D eigenvalue weighted by atomic mass is 31.2. The average Bonchev–Trinajstić information content (AvgIpc) is 3.02. The Kier molecular flexibility index (Phi) is 31.9. The van der Waals surface area contributed by atoms with Crippen LogP contribution in [0.3, 0.4) is 0 Å². The van der Waals surface area contributed by atoms with Gasteiger partial charge in [0.15, 0.2) is 6.10 Å². The maximum absolute atomic E-state index is 12.3. The molecule has 0 aromatic carbocycles. The fourth-order valence-corrected chi connectivity index (χ4v) is 5.23. The van der Waals surface area contributed by atoms with E-state index in [0.29, 0.717) is 12.8 Å². The van der Waals surface area contributed by atoms with Crippen LogP contribution in [0.5, 0.6) is 0 Å². The number of carbonyl (C=O) groups excluding carboxylic acids is 2. The van der Waals surface area contributed by atoms with E-state index < -0.39 is 32.5 Å². The molecule has 0 radical (unpaired) electrons. The van der Waals surface area contributed by atoms with Crippen molar-refractivity contribution in [2.75, 3.05) is 13.2 Å². The normalized spacial score (nSPS) is 12.9. The second-order valence-electron chi connectivity index (χ2n) is 12.2. The number of rotatable bonds is 33. The number of esters is 2. The van der Waals surface area contributed by atoms with Gasteiger partial charge in [-0.15, -0.1) is 0 Å². The third-order valence-corrected chi connectivity index (χ3v) is 8.12. The van der Waals surface area contributed by atoms with E-state index in [-0.39, 0.29) is 19.4 Å². The Balaban J connectivity index is 4.06. The summed E-state index contributed by atoms with van der Waals surface area (Å²) in [5.74, 6) is -0.935. The Morgan fingerprint density at radius 1 is 0.565 bits per heavy atom. The third kappa shape index (κ3) is 35.1. The first-order chi connectivity index (χ1) is 22.3. The van der Waals surface area contributed by atoms with Crippen molar-refractivity contribution in [2.24, 2.45) is 0 Å². The number of phosphoric acid groups is 1. The molecule has 1 atom stereocenters. The largest absolute Gasteiger partial charge is 0.469 e. The zero-order chi connectivity index (χ0) is 34.0. The molecule has 9 heteroatoms. The number of phosphoric ester groups is 1. The fraction of sp³-hybridized carbons (Fsp3) is 0.784. The molecule has 268 valence electrons. The topological polar surface area (TPSA) is 119 Å². The average molecular weight is 671 g/mol. The summed E-state index contributed by atoms with van der Waals surface area (Å²) in [7, 11) is -4.76. The van der Waals surface area contributed by atoms with E-state index in [1.165, 1.54) is 70.6 Å². The summed E-state index contributed by atoms with van der Waals surface area (Å²) < 4.78 is 26.2. The molecule has 0 aliphatic rings. The Morgan fingerprint density at radius 2 is 0.978 bits per heavy atom. The molecule has 0 aliphatic carbocycles. The number of hydrogen-bond acceptors (Lipinski definition) is 6. The monoisotopic (exact) mass is 670 g/mol. The highest BCUT2D eigenvalue weighted by Crippen LogP contribution is 2.35. The summed E-state index contributed by atoms with van der Waals surface area (Å²) in [4.78, 5) is 42.6. The van der Waals surface area contributed by atoms with Gasteiger partial charge in [-0.3, -0.25) is 14.1 Å². The smallest absolute Gasteiger partial charge is 0.462 e. The maximum Gasteiger partial charge on any atom is 0.469 e. The van der Waals surface area contributed by atoms with Crippen LogP contribution in [0.4, 0.5) is 0 Å². The van der Waals surface area contributed by atoms with Crippen LogP contribution in [-0.4, -0.2) is 41.0 Å². The van der Waals surface area contributed by atoms with E-state index in [2.05, 4.69) is 54.8 Å².